The summed E-state index contributed by atoms with van der Waals surface area (Å²) >= 11 is 0. The molecule has 0 bridgehead atoms. The molecule has 0 amide bonds. The van der Waals surface area contributed by atoms with Crippen LogP contribution < -0.4 is 15.2 Å². The fraction of sp³-hybridized carbons (Fsp3) is 0.435. The number of ether oxygens (including phenoxy) is 2. The summed E-state index contributed by atoms with van der Waals surface area (Å²) in [6.07, 6.45) is -2.58. The Balaban J connectivity index is 1.22. The fourth-order valence-corrected chi connectivity index (χ4v) is 4.27. The van der Waals surface area contributed by atoms with Crippen LogP contribution in [0.2, 0.25) is 0 Å². The van der Waals surface area contributed by atoms with Crippen molar-refractivity contribution in [3.63, 3.8) is 0 Å². The first-order valence-electron chi connectivity index (χ1n) is 11.7. The maximum atomic E-state index is 13.5. The first-order valence-corrected chi connectivity index (χ1v) is 11.7. The normalized spacial score (nSPS) is 14.6. The van der Waals surface area contributed by atoms with Crippen molar-refractivity contribution in [1.29, 1.82) is 0 Å². The van der Waals surface area contributed by atoms with Gasteiger partial charge >= 0.3 is 12.5 Å². The number of aromatic nitrogens is 6. The molecule has 0 radical (unpaired) electrons. The van der Waals surface area contributed by atoms with E-state index in [0.29, 0.717) is 53.8 Å². The molecule has 1 aliphatic heterocycles. The molecule has 14 heteroatoms. The van der Waals surface area contributed by atoms with E-state index in [9.17, 15) is 22.0 Å². The minimum absolute atomic E-state index is 0.0386. The predicted molar refractivity (Wildman–Crippen MR) is 121 cm³/mol. The molecule has 9 nitrogen and oxygen atoms in total. The third kappa shape index (κ3) is 4.91. The maximum absolute atomic E-state index is 13.5. The molecule has 0 fully saturated rings. The lowest BCUT2D eigenvalue weighted by Crippen LogP contribution is -2.26. The summed E-state index contributed by atoms with van der Waals surface area (Å²) in [5.74, 6) is -1.00. The number of hydrogen-bond donors (Lipinski definition) is 1. The van der Waals surface area contributed by atoms with Crippen LogP contribution >= 0.6 is 0 Å². The topological polar surface area (TPSA) is 113 Å². The van der Waals surface area contributed by atoms with Gasteiger partial charge in [0.1, 0.15) is 5.52 Å². The Kier molecular flexibility index (Phi) is 6.20. The van der Waals surface area contributed by atoms with Crippen molar-refractivity contribution in [2.45, 2.75) is 64.3 Å². The molecule has 1 aliphatic rings. The monoisotopic (exact) mass is 523 g/mol. The van der Waals surface area contributed by atoms with Crippen molar-refractivity contribution in [1.82, 2.24) is 29.5 Å². The lowest BCUT2D eigenvalue weighted by molar-refractivity contribution is -0.286. The van der Waals surface area contributed by atoms with E-state index in [0.717, 1.165) is 19.3 Å². The summed E-state index contributed by atoms with van der Waals surface area (Å²) in [5.41, 5.74) is 7.60. The van der Waals surface area contributed by atoms with Crippen LogP contribution in [0.4, 0.5) is 27.9 Å². The van der Waals surface area contributed by atoms with Crippen molar-refractivity contribution in [3.8, 4) is 11.5 Å². The molecule has 0 unspecified atom stereocenters. The molecule has 4 heterocycles. The number of benzene rings is 1. The number of nitrogens with two attached hydrogens (primary N) is 1. The molecule has 1 aromatic carbocycles. The highest BCUT2D eigenvalue weighted by Crippen LogP contribution is 2.45. The minimum Gasteiger partial charge on any atom is -0.395 e. The third-order valence-corrected chi connectivity index (χ3v) is 6.03. The molecule has 0 spiro atoms. The Hall–Kier alpha value is -3.84. The zero-order valence-electron chi connectivity index (χ0n) is 19.6. The molecular formula is C23H22F5N7O2. The van der Waals surface area contributed by atoms with E-state index in [1.807, 2.05) is 6.92 Å². The van der Waals surface area contributed by atoms with E-state index < -0.39 is 18.3 Å². The quantitative estimate of drug-likeness (QED) is 0.256. The van der Waals surface area contributed by atoms with Crippen LogP contribution in [0.3, 0.4) is 0 Å². The van der Waals surface area contributed by atoms with Crippen molar-refractivity contribution in [3.05, 3.63) is 41.2 Å². The summed E-state index contributed by atoms with van der Waals surface area (Å²) < 4.78 is 76.3. The number of hydrogen-bond acceptors (Lipinski definition) is 8. The van der Waals surface area contributed by atoms with Crippen LogP contribution in [0.1, 0.15) is 55.5 Å². The molecule has 5 rings (SSSR count). The Morgan fingerprint density at radius 1 is 1.00 bits per heavy atom. The predicted octanol–water partition coefficient (Wildman–Crippen LogP) is 4.90. The van der Waals surface area contributed by atoms with E-state index in [1.54, 1.807) is 6.07 Å². The number of aryl methyl sites for hydroxylation is 3. The number of unbranched alkanes of at least 4 members (excludes halogenated alkanes) is 3. The van der Waals surface area contributed by atoms with Gasteiger partial charge in [0.05, 0.1) is 0 Å². The highest BCUT2D eigenvalue weighted by molar-refractivity contribution is 5.97. The molecule has 4 aromatic rings. The molecule has 0 atom stereocenters. The molecule has 37 heavy (non-hydrogen) atoms. The van der Waals surface area contributed by atoms with Crippen molar-refractivity contribution < 1.29 is 31.4 Å². The highest BCUT2D eigenvalue weighted by atomic mass is 19.4. The molecule has 2 N–H and O–H groups in total. The average Bonchev–Trinajstić information content (AvgIpc) is 3.41. The van der Waals surface area contributed by atoms with Gasteiger partial charge in [-0.25, -0.2) is 19.9 Å². The van der Waals surface area contributed by atoms with Gasteiger partial charge in [0.2, 0.25) is 11.8 Å². The first kappa shape index (κ1) is 24.8. The summed E-state index contributed by atoms with van der Waals surface area (Å²) in [5, 5.41) is 4.81. The van der Waals surface area contributed by atoms with E-state index in [1.165, 1.54) is 16.8 Å². The van der Waals surface area contributed by atoms with Crippen LogP contribution in [0.25, 0.3) is 16.6 Å². The van der Waals surface area contributed by atoms with Gasteiger partial charge < -0.3 is 15.2 Å². The van der Waals surface area contributed by atoms with Gasteiger partial charge in [-0.05, 0) is 43.4 Å². The van der Waals surface area contributed by atoms with Crippen LogP contribution in [0, 0.1) is 0 Å². The smallest absolute Gasteiger partial charge is 0.395 e. The molecular weight excluding hydrogens is 501 g/mol. The molecule has 0 saturated heterocycles. The van der Waals surface area contributed by atoms with Gasteiger partial charge in [0.15, 0.2) is 23.0 Å². The number of nitrogens with zero attached hydrogens (tertiary/aromatic N) is 6. The maximum Gasteiger partial charge on any atom is 0.586 e. The van der Waals surface area contributed by atoms with E-state index in [4.69, 9.17) is 5.73 Å². The number of anilines is 1. The summed E-state index contributed by atoms with van der Waals surface area (Å²) in [7, 11) is 0. The van der Waals surface area contributed by atoms with Gasteiger partial charge in [0, 0.05) is 23.7 Å². The summed E-state index contributed by atoms with van der Waals surface area (Å²) in [6.45, 7) is 1.85. The zero-order chi connectivity index (χ0) is 26.4. The Morgan fingerprint density at radius 3 is 2.49 bits per heavy atom. The largest absolute Gasteiger partial charge is 0.586 e. The zero-order valence-corrected chi connectivity index (χ0v) is 19.6. The lowest BCUT2D eigenvalue weighted by atomic mass is 10.0. The van der Waals surface area contributed by atoms with Crippen LogP contribution in [0.5, 0.6) is 11.5 Å². The van der Waals surface area contributed by atoms with Gasteiger partial charge in [-0.1, -0.05) is 19.8 Å². The van der Waals surface area contributed by atoms with Gasteiger partial charge in [-0.3, -0.25) is 0 Å². The van der Waals surface area contributed by atoms with E-state index in [-0.39, 0.29) is 23.0 Å². The third-order valence-electron chi connectivity index (χ3n) is 6.03. The first-order chi connectivity index (χ1) is 17.6. The Bertz CT molecular complexity index is 1470. The number of nitrogen functional groups attached to an aromatic ring is 1. The van der Waals surface area contributed by atoms with E-state index in [2.05, 4.69) is 34.5 Å². The Labute approximate surface area is 206 Å². The van der Waals surface area contributed by atoms with Crippen LogP contribution in [-0.4, -0.2) is 35.8 Å². The SMILES string of the molecule is CCc1cnc(C(F)(F)F)nc1CCCCCCc1nc2c3ccc4c(c3nc(N)n2n1)OC(F)(F)O4. The standard InChI is InChI=1S/C23H22F5N7O2/c1-2-12-11-30-20(22(24,25)26)31-14(12)7-5-3-4-6-8-16-32-19-13-9-10-15-18(37-23(27,28)36-15)17(13)33-21(29)35(19)34-16/h9-11H,2-8H2,1H3,(H2,29,33). The van der Waals surface area contributed by atoms with Crippen molar-refractivity contribution >= 4 is 22.5 Å². The number of halogens is 5. The van der Waals surface area contributed by atoms with Crippen LogP contribution in [0.15, 0.2) is 18.3 Å². The summed E-state index contributed by atoms with van der Waals surface area (Å²) in [6, 6.07) is 2.89. The second-order valence-corrected chi connectivity index (χ2v) is 8.62. The van der Waals surface area contributed by atoms with Gasteiger partial charge in [-0.15, -0.1) is 13.9 Å². The van der Waals surface area contributed by atoms with Gasteiger partial charge in [0.25, 0.3) is 0 Å². The molecule has 3 aromatic heterocycles. The second-order valence-electron chi connectivity index (χ2n) is 8.62. The van der Waals surface area contributed by atoms with Gasteiger partial charge in [-0.2, -0.15) is 17.7 Å². The number of alkyl halides is 5. The lowest BCUT2D eigenvalue weighted by Gasteiger charge is -2.10. The molecule has 196 valence electrons. The highest BCUT2D eigenvalue weighted by Gasteiger charge is 2.45. The number of rotatable bonds is 8. The minimum atomic E-state index is -4.57. The second kappa shape index (κ2) is 9.23. The fourth-order valence-electron chi connectivity index (χ4n) is 4.27. The van der Waals surface area contributed by atoms with Crippen molar-refractivity contribution in [2.75, 3.05) is 5.73 Å². The van der Waals surface area contributed by atoms with E-state index >= 15 is 0 Å². The molecule has 0 saturated carbocycles. The molecule has 0 aliphatic carbocycles. The summed E-state index contributed by atoms with van der Waals surface area (Å²) in [4.78, 5) is 15.8. The number of fused-ring (bicyclic) bond motifs is 5. The van der Waals surface area contributed by atoms with Crippen LogP contribution in [-0.2, 0) is 25.4 Å². The Morgan fingerprint density at radius 2 is 1.76 bits per heavy atom. The average molecular weight is 523 g/mol. The van der Waals surface area contributed by atoms with Crippen molar-refractivity contribution in [2.24, 2.45) is 0 Å².